The van der Waals surface area contributed by atoms with Gasteiger partial charge in [0.2, 0.25) is 0 Å². The number of anilines is 3. The molecule has 1 heterocycles. The van der Waals surface area contributed by atoms with Gasteiger partial charge in [0.1, 0.15) is 29.2 Å². The number of rotatable bonds is 7. The maximum absolute atomic E-state index is 13.4. The molecule has 3 aromatic rings. The monoisotopic (exact) mass is 454 g/mol. The number of alkyl halides is 2. The lowest BCUT2D eigenvalue weighted by atomic mass is 10.1. The third kappa shape index (κ3) is 4.74. The molecule has 0 spiro atoms. The van der Waals surface area contributed by atoms with Gasteiger partial charge in [-0.25, -0.2) is 8.78 Å². The van der Waals surface area contributed by atoms with E-state index in [0.29, 0.717) is 11.8 Å². The molecule has 0 saturated carbocycles. The van der Waals surface area contributed by atoms with E-state index in [1.807, 2.05) is 0 Å². The van der Waals surface area contributed by atoms with E-state index < -0.39 is 38.9 Å². The first-order chi connectivity index (χ1) is 14.1. The van der Waals surface area contributed by atoms with Crippen LogP contribution >= 0.6 is 23.2 Å². The Hall–Kier alpha value is -3.04. The predicted octanol–water partition coefficient (Wildman–Crippen LogP) is 3.06. The van der Waals surface area contributed by atoms with E-state index >= 15 is 0 Å². The van der Waals surface area contributed by atoms with E-state index in [4.69, 9.17) is 23.2 Å². The zero-order valence-electron chi connectivity index (χ0n) is 15.3. The number of carbonyl (C=O) groups excluding carboxylic acids is 1. The molecule has 2 aromatic carbocycles. The molecular formula is C19H14Cl2F2N4O3. The molecule has 0 fully saturated rings. The molecule has 0 aliphatic rings. The summed E-state index contributed by atoms with van der Waals surface area (Å²) in [5, 5.41) is 7.73. The fourth-order valence-electron chi connectivity index (χ4n) is 2.56. The summed E-state index contributed by atoms with van der Waals surface area (Å²) < 4.78 is 25.1. The molecule has 0 aliphatic carbocycles. The van der Waals surface area contributed by atoms with Crippen molar-refractivity contribution < 1.29 is 13.6 Å². The van der Waals surface area contributed by atoms with Crippen molar-refractivity contribution in [1.29, 1.82) is 0 Å². The summed E-state index contributed by atoms with van der Waals surface area (Å²) in [4.78, 5) is 40.3. The Kier molecular flexibility index (Phi) is 6.04. The fraction of sp³-hybridized carbons (Fsp3) is 0.158. The minimum absolute atomic E-state index is 0.0679. The van der Waals surface area contributed by atoms with Crippen LogP contribution in [0.3, 0.4) is 0 Å². The van der Waals surface area contributed by atoms with Crippen LogP contribution in [0.1, 0.15) is 17.3 Å². The van der Waals surface area contributed by atoms with E-state index in [2.05, 4.69) is 20.9 Å². The molecule has 3 rings (SSSR count). The van der Waals surface area contributed by atoms with Gasteiger partial charge in [0.25, 0.3) is 16.8 Å². The molecule has 156 valence electrons. The fourth-order valence-corrected chi connectivity index (χ4v) is 2.78. The molecule has 1 amide bonds. The van der Waals surface area contributed by atoms with Gasteiger partial charge >= 0.3 is 0 Å². The maximum Gasteiger partial charge on any atom is 0.253 e. The zero-order valence-corrected chi connectivity index (χ0v) is 16.8. The van der Waals surface area contributed by atoms with Crippen LogP contribution in [-0.4, -0.2) is 21.4 Å². The van der Waals surface area contributed by atoms with Gasteiger partial charge in [-0.05, 0) is 31.2 Å². The van der Waals surface area contributed by atoms with Crippen molar-refractivity contribution in [2.75, 3.05) is 10.6 Å². The first kappa shape index (κ1) is 21.7. The molecular weight excluding hydrogens is 441 g/mol. The number of halogens is 4. The van der Waals surface area contributed by atoms with Gasteiger partial charge in [-0.1, -0.05) is 23.2 Å². The highest BCUT2D eigenvalue weighted by molar-refractivity contribution is 6.48. The molecule has 0 saturated heterocycles. The number of aromatic nitrogens is 1. The third-order valence-electron chi connectivity index (χ3n) is 4.04. The predicted molar refractivity (Wildman–Crippen MR) is 110 cm³/mol. The maximum atomic E-state index is 13.4. The highest BCUT2D eigenvalue weighted by Crippen LogP contribution is 2.28. The Bertz CT molecular complexity index is 1140. The number of nitrogens with one attached hydrogen (secondary N) is 3. The molecule has 11 heteroatoms. The van der Waals surface area contributed by atoms with Gasteiger partial charge in [0.05, 0.1) is 11.9 Å². The summed E-state index contributed by atoms with van der Waals surface area (Å²) in [5.41, 5.74) is -1.74. The molecule has 0 radical (unpaired) electrons. The number of hydrogen-bond donors (Lipinski definition) is 3. The largest absolute Gasteiger partial charge is 0.358 e. The average molecular weight is 455 g/mol. The van der Waals surface area contributed by atoms with E-state index in [1.165, 1.54) is 19.3 Å². The van der Waals surface area contributed by atoms with Crippen LogP contribution in [0.15, 0.2) is 52.3 Å². The molecule has 3 N–H and O–H groups in total. The number of benzene rings is 1. The van der Waals surface area contributed by atoms with Crippen molar-refractivity contribution >= 4 is 46.2 Å². The number of nitrogens with zero attached hydrogens (tertiary/aromatic N) is 1. The van der Waals surface area contributed by atoms with Crippen LogP contribution in [0.4, 0.5) is 25.8 Å². The number of amides is 1. The molecule has 0 bridgehead atoms. The van der Waals surface area contributed by atoms with Gasteiger partial charge in [-0.2, -0.15) is 0 Å². The van der Waals surface area contributed by atoms with Crippen molar-refractivity contribution in [2.45, 2.75) is 17.4 Å². The normalized spacial score (nSPS) is 12.4. The quantitative estimate of drug-likeness (QED) is 0.288. The van der Waals surface area contributed by atoms with Crippen LogP contribution in [0, 0.1) is 11.6 Å². The van der Waals surface area contributed by atoms with Gasteiger partial charge in [0, 0.05) is 17.8 Å². The lowest BCUT2D eigenvalue weighted by Gasteiger charge is -2.30. The molecule has 1 aromatic heterocycles. The van der Waals surface area contributed by atoms with E-state index in [0.717, 1.165) is 12.1 Å². The van der Waals surface area contributed by atoms with Gasteiger partial charge in [0.15, 0.2) is 4.33 Å². The summed E-state index contributed by atoms with van der Waals surface area (Å²) >= 11 is 12.2. The van der Waals surface area contributed by atoms with E-state index in [9.17, 15) is 23.2 Å². The first-order valence-electron chi connectivity index (χ1n) is 8.48. The standard InChI is InChI=1S/C19H14Cl2F2N4O3/c1-19(20,21)18(27-17(30)9-5-10(22)7-11(23)6-9)26-14-13(15(28)16(14)29)25-12-3-2-4-24-8-12/h2-8,18,25-26H,1H3,(H,27,30). The minimum atomic E-state index is -1.67. The molecule has 0 aliphatic heterocycles. The summed E-state index contributed by atoms with van der Waals surface area (Å²) in [6.07, 6.45) is 1.67. The Morgan fingerprint density at radius 3 is 2.30 bits per heavy atom. The highest BCUT2D eigenvalue weighted by atomic mass is 35.5. The van der Waals surface area contributed by atoms with Gasteiger partial charge in [-0.3, -0.25) is 19.4 Å². The third-order valence-corrected chi connectivity index (χ3v) is 4.47. The molecule has 1 unspecified atom stereocenters. The number of carbonyl (C=O) groups is 1. The molecule has 7 nitrogen and oxygen atoms in total. The second-order valence-electron chi connectivity index (χ2n) is 6.44. The van der Waals surface area contributed by atoms with Crippen LogP contribution in [0.2, 0.25) is 0 Å². The van der Waals surface area contributed by atoms with Crippen LogP contribution in [-0.2, 0) is 0 Å². The second-order valence-corrected chi connectivity index (χ2v) is 8.20. The van der Waals surface area contributed by atoms with E-state index in [-0.39, 0.29) is 16.9 Å². The Labute approximate surface area is 178 Å². The zero-order chi connectivity index (χ0) is 22.1. The smallest absolute Gasteiger partial charge is 0.253 e. The summed E-state index contributed by atoms with van der Waals surface area (Å²) in [7, 11) is 0. The van der Waals surface area contributed by atoms with Crippen molar-refractivity contribution in [3.05, 3.63) is 80.4 Å². The lowest BCUT2D eigenvalue weighted by Crippen LogP contribution is -2.52. The summed E-state index contributed by atoms with van der Waals surface area (Å²) in [6.45, 7) is 1.32. The average Bonchev–Trinajstić information content (AvgIpc) is 2.68. The number of hydrogen-bond acceptors (Lipinski definition) is 6. The highest BCUT2D eigenvalue weighted by Gasteiger charge is 2.35. The summed E-state index contributed by atoms with van der Waals surface area (Å²) in [5.74, 6) is -2.80. The van der Waals surface area contributed by atoms with Crippen molar-refractivity contribution in [3.8, 4) is 0 Å². The summed E-state index contributed by atoms with van der Waals surface area (Å²) in [6, 6.07) is 5.50. The molecule has 30 heavy (non-hydrogen) atoms. The topological polar surface area (TPSA) is 100 Å². The van der Waals surface area contributed by atoms with E-state index in [1.54, 1.807) is 12.1 Å². The van der Waals surface area contributed by atoms with Crippen LogP contribution in [0.5, 0.6) is 0 Å². The van der Waals surface area contributed by atoms with Crippen LogP contribution in [0.25, 0.3) is 0 Å². The van der Waals surface area contributed by atoms with Crippen LogP contribution < -0.4 is 26.8 Å². The van der Waals surface area contributed by atoms with Crippen molar-refractivity contribution in [2.24, 2.45) is 0 Å². The van der Waals surface area contributed by atoms with Crippen molar-refractivity contribution in [3.63, 3.8) is 0 Å². The Balaban J connectivity index is 1.85. The molecule has 1 atom stereocenters. The minimum Gasteiger partial charge on any atom is -0.358 e. The number of pyridine rings is 1. The SMILES string of the molecule is CC(Cl)(Cl)C(NC(=O)c1cc(F)cc(F)c1)Nc1c(Nc2cccnc2)c(=O)c1=O. The van der Waals surface area contributed by atoms with Gasteiger partial charge in [-0.15, -0.1) is 0 Å². The first-order valence-corrected chi connectivity index (χ1v) is 9.23. The van der Waals surface area contributed by atoms with Gasteiger partial charge < -0.3 is 16.0 Å². The second kappa shape index (κ2) is 8.37. The lowest BCUT2D eigenvalue weighted by molar-refractivity contribution is 0.0938. The van der Waals surface area contributed by atoms with Crippen molar-refractivity contribution in [1.82, 2.24) is 10.3 Å². The Morgan fingerprint density at radius 2 is 1.73 bits per heavy atom. The Morgan fingerprint density at radius 1 is 1.10 bits per heavy atom.